The number of nitrogens with two attached hydrogens (primary N) is 1. The number of piperazine rings is 1. The van der Waals surface area contributed by atoms with Crippen molar-refractivity contribution in [1.29, 1.82) is 0 Å². The Labute approximate surface area is 145 Å². The Bertz CT molecular complexity index is 794. The summed E-state index contributed by atoms with van der Waals surface area (Å²) in [4.78, 5) is 24.8. The van der Waals surface area contributed by atoms with Gasteiger partial charge >= 0.3 is 0 Å². The van der Waals surface area contributed by atoms with E-state index < -0.39 is 5.91 Å². The zero-order valence-corrected chi connectivity index (χ0v) is 13.9. The monoisotopic (exact) mass is 340 g/mol. The molecule has 1 amide bonds. The van der Waals surface area contributed by atoms with Crippen LogP contribution in [-0.4, -0.2) is 51.4 Å². The second-order valence-corrected chi connectivity index (χ2v) is 6.61. The molecule has 25 heavy (non-hydrogen) atoms. The molecule has 2 bridgehead atoms. The van der Waals surface area contributed by atoms with Crippen LogP contribution in [0.4, 0.5) is 11.6 Å². The molecule has 1 aromatic carbocycles. The molecule has 1 aromatic heterocycles. The number of carbonyl (C=O) groups excluding carboxylic acids is 1. The molecule has 2 aliphatic heterocycles. The van der Waals surface area contributed by atoms with Crippen LogP contribution in [0, 0.1) is 6.92 Å². The van der Waals surface area contributed by atoms with E-state index in [1.54, 1.807) is 0 Å². The largest absolute Gasteiger partial charge is 0.365 e. The molecular formula is C17H20N6O2. The van der Waals surface area contributed by atoms with E-state index in [-0.39, 0.29) is 10.7 Å². The Morgan fingerprint density at radius 3 is 2.52 bits per heavy atom. The van der Waals surface area contributed by atoms with E-state index in [9.17, 15) is 4.79 Å². The van der Waals surface area contributed by atoms with Crippen molar-refractivity contribution in [2.75, 3.05) is 22.9 Å². The number of hydrogen-bond acceptors (Lipinski definition) is 7. The van der Waals surface area contributed by atoms with Crippen LogP contribution in [0.5, 0.6) is 0 Å². The second-order valence-electron chi connectivity index (χ2n) is 6.61. The number of amides is 1. The Morgan fingerprint density at radius 1 is 1.24 bits per heavy atom. The molecule has 4 rings (SSSR count). The number of anilines is 2. The standard InChI is InChI=1S/C17H20N6O2/c1-11-3-2-4-13(5-11)21-9-15-6-14(21)10-22(15)17-19-7-12(8-20-17)16(24)23(18)25/h2-5,7-8,14-15,25H,6,9-10,18H2,1H3. The number of aromatic nitrogens is 2. The summed E-state index contributed by atoms with van der Waals surface area (Å²) in [5.74, 6) is 4.90. The molecule has 0 saturated carbocycles. The highest BCUT2D eigenvalue weighted by Crippen LogP contribution is 2.36. The molecule has 0 radical (unpaired) electrons. The van der Waals surface area contributed by atoms with Crippen LogP contribution in [0.2, 0.25) is 0 Å². The number of carbonyl (C=O) groups is 1. The first-order chi connectivity index (χ1) is 12.0. The van der Waals surface area contributed by atoms with Crippen molar-refractivity contribution in [1.82, 2.24) is 15.1 Å². The van der Waals surface area contributed by atoms with Crippen molar-refractivity contribution in [3.05, 3.63) is 47.8 Å². The lowest BCUT2D eigenvalue weighted by Crippen LogP contribution is -2.47. The Morgan fingerprint density at radius 2 is 1.92 bits per heavy atom. The topological polar surface area (TPSA) is 98.8 Å². The van der Waals surface area contributed by atoms with E-state index in [0.29, 0.717) is 18.0 Å². The van der Waals surface area contributed by atoms with E-state index in [2.05, 4.69) is 51.0 Å². The van der Waals surface area contributed by atoms with E-state index in [4.69, 9.17) is 11.0 Å². The van der Waals surface area contributed by atoms with Gasteiger partial charge in [0.15, 0.2) is 0 Å². The average Bonchev–Trinajstić information content (AvgIpc) is 3.22. The van der Waals surface area contributed by atoms with Crippen LogP contribution in [0.15, 0.2) is 36.7 Å². The summed E-state index contributed by atoms with van der Waals surface area (Å²) in [6, 6.07) is 9.37. The SMILES string of the molecule is Cc1cccc(N2CC3CC2CN3c2ncc(C(=O)N(N)O)cn2)c1. The van der Waals surface area contributed by atoms with E-state index >= 15 is 0 Å². The molecule has 0 spiro atoms. The predicted molar refractivity (Wildman–Crippen MR) is 92.2 cm³/mol. The van der Waals surface area contributed by atoms with Gasteiger partial charge in [0.1, 0.15) is 0 Å². The quantitative estimate of drug-likeness (QED) is 0.371. The minimum Gasteiger partial charge on any atom is -0.365 e. The second kappa shape index (κ2) is 5.98. The van der Waals surface area contributed by atoms with E-state index in [1.165, 1.54) is 23.6 Å². The molecule has 3 heterocycles. The van der Waals surface area contributed by atoms with E-state index in [1.807, 2.05) is 0 Å². The maximum atomic E-state index is 11.6. The molecular weight excluding hydrogens is 320 g/mol. The van der Waals surface area contributed by atoms with Gasteiger partial charge in [-0.3, -0.25) is 10.0 Å². The van der Waals surface area contributed by atoms with Crippen LogP contribution >= 0.6 is 0 Å². The first kappa shape index (κ1) is 15.8. The summed E-state index contributed by atoms with van der Waals surface area (Å²) in [7, 11) is 0. The first-order valence-electron chi connectivity index (χ1n) is 8.23. The van der Waals surface area contributed by atoms with Crippen molar-refractivity contribution in [2.45, 2.75) is 25.4 Å². The van der Waals surface area contributed by atoms with Crippen LogP contribution in [-0.2, 0) is 0 Å². The van der Waals surface area contributed by atoms with Crippen LogP contribution in [0.1, 0.15) is 22.3 Å². The van der Waals surface area contributed by atoms with Gasteiger partial charge in [0.05, 0.1) is 11.6 Å². The summed E-state index contributed by atoms with van der Waals surface area (Å²) in [6.07, 6.45) is 3.86. The molecule has 0 aliphatic carbocycles. The third kappa shape index (κ3) is 2.79. The number of hydroxylamine groups is 1. The van der Waals surface area contributed by atoms with Crippen molar-refractivity contribution in [3.63, 3.8) is 0 Å². The molecule has 2 aliphatic rings. The van der Waals surface area contributed by atoms with Crippen molar-refractivity contribution in [2.24, 2.45) is 5.84 Å². The smallest absolute Gasteiger partial charge is 0.295 e. The zero-order chi connectivity index (χ0) is 17.6. The highest BCUT2D eigenvalue weighted by atomic mass is 16.5. The highest BCUT2D eigenvalue weighted by molar-refractivity contribution is 5.92. The van der Waals surface area contributed by atoms with Crippen molar-refractivity contribution in [3.8, 4) is 0 Å². The number of hydrogen-bond donors (Lipinski definition) is 2. The number of benzene rings is 1. The number of rotatable bonds is 3. The van der Waals surface area contributed by atoms with Gasteiger partial charge in [-0.05, 0) is 31.0 Å². The van der Waals surface area contributed by atoms with Gasteiger partial charge in [-0.1, -0.05) is 12.1 Å². The summed E-state index contributed by atoms with van der Waals surface area (Å²) in [5, 5.41) is 9.03. The van der Waals surface area contributed by atoms with Crippen molar-refractivity contribution >= 4 is 17.5 Å². The fraction of sp³-hybridized carbons (Fsp3) is 0.353. The summed E-state index contributed by atoms with van der Waals surface area (Å²) >= 11 is 0. The van der Waals surface area contributed by atoms with Gasteiger partial charge in [0, 0.05) is 37.2 Å². The van der Waals surface area contributed by atoms with Gasteiger partial charge in [0.25, 0.3) is 5.91 Å². The Kier molecular flexibility index (Phi) is 3.78. The van der Waals surface area contributed by atoms with Gasteiger partial charge in [-0.2, -0.15) is 0 Å². The Hall–Kier alpha value is -2.71. The number of fused-ring (bicyclic) bond motifs is 2. The molecule has 8 nitrogen and oxygen atoms in total. The number of nitrogens with zero attached hydrogens (tertiary/aromatic N) is 5. The minimum absolute atomic E-state index is 0.0376. The van der Waals surface area contributed by atoms with Gasteiger partial charge < -0.3 is 9.80 Å². The summed E-state index contributed by atoms with van der Waals surface area (Å²) in [5.41, 5.74) is 2.68. The zero-order valence-electron chi connectivity index (χ0n) is 13.9. The third-order valence-corrected chi connectivity index (χ3v) is 4.92. The molecule has 2 unspecified atom stereocenters. The van der Waals surface area contributed by atoms with Crippen LogP contribution in [0.25, 0.3) is 0 Å². The van der Waals surface area contributed by atoms with Crippen molar-refractivity contribution < 1.29 is 10.0 Å². The normalized spacial score (nSPS) is 21.7. The molecule has 3 N–H and O–H groups in total. The fourth-order valence-corrected chi connectivity index (χ4v) is 3.75. The van der Waals surface area contributed by atoms with Crippen LogP contribution in [0.3, 0.4) is 0 Å². The summed E-state index contributed by atoms with van der Waals surface area (Å²) in [6.45, 7) is 3.90. The molecule has 2 aromatic rings. The molecule has 2 saturated heterocycles. The Balaban J connectivity index is 1.48. The number of aryl methyl sites for hydroxylation is 1. The molecule has 2 fully saturated rings. The lowest BCUT2D eigenvalue weighted by atomic mass is 10.2. The predicted octanol–water partition coefficient (Wildman–Crippen LogP) is 0.958. The van der Waals surface area contributed by atoms with Gasteiger partial charge in [0.2, 0.25) is 5.95 Å². The lowest BCUT2D eigenvalue weighted by molar-refractivity contribution is -0.0596. The van der Waals surface area contributed by atoms with Gasteiger partial charge in [-0.15, -0.1) is 5.17 Å². The van der Waals surface area contributed by atoms with E-state index in [0.717, 1.165) is 19.5 Å². The maximum Gasteiger partial charge on any atom is 0.295 e. The molecule has 130 valence electrons. The lowest BCUT2D eigenvalue weighted by Gasteiger charge is -2.35. The third-order valence-electron chi connectivity index (χ3n) is 4.92. The average molecular weight is 340 g/mol. The summed E-state index contributed by atoms with van der Waals surface area (Å²) < 4.78 is 0. The van der Waals surface area contributed by atoms with Gasteiger partial charge in [-0.25, -0.2) is 15.8 Å². The fourth-order valence-electron chi connectivity index (χ4n) is 3.75. The highest BCUT2D eigenvalue weighted by Gasteiger charge is 2.44. The number of hydrazine groups is 1. The molecule has 2 atom stereocenters. The van der Waals surface area contributed by atoms with Crippen LogP contribution < -0.4 is 15.6 Å². The first-order valence-corrected chi connectivity index (χ1v) is 8.23. The minimum atomic E-state index is -0.736. The molecule has 8 heteroatoms. The maximum absolute atomic E-state index is 11.6.